The van der Waals surface area contributed by atoms with E-state index in [9.17, 15) is 13.2 Å². The van der Waals surface area contributed by atoms with Gasteiger partial charge in [0.15, 0.2) is 9.84 Å². The zero-order valence-electron chi connectivity index (χ0n) is 11.2. The van der Waals surface area contributed by atoms with E-state index in [2.05, 4.69) is 5.32 Å². The number of carbonyl (C=O) groups is 1. The Balaban J connectivity index is 0.00000361. The van der Waals surface area contributed by atoms with E-state index < -0.39 is 21.5 Å². The van der Waals surface area contributed by atoms with Crippen molar-refractivity contribution < 1.29 is 13.2 Å². The van der Waals surface area contributed by atoms with E-state index in [0.29, 0.717) is 25.9 Å². The number of nitrogens with one attached hydrogen (secondary N) is 1. The van der Waals surface area contributed by atoms with Crippen molar-refractivity contribution in [2.24, 2.45) is 5.73 Å². The molecule has 114 valence electrons. The second kappa shape index (κ2) is 9.74. The number of halogens is 1. The molecule has 0 heterocycles. The van der Waals surface area contributed by atoms with Crippen LogP contribution in [0, 0.1) is 0 Å². The molecule has 1 aromatic rings. The van der Waals surface area contributed by atoms with E-state index in [-0.39, 0.29) is 18.2 Å². The molecule has 0 aliphatic rings. The van der Waals surface area contributed by atoms with Gasteiger partial charge in [-0.05, 0) is 18.4 Å². The third kappa shape index (κ3) is 8.14. The first kappa shape index (κ1) is 18.9. The van der Waals surface area contributed by atoms with Crippen LogP contribution in [0.5, 0.6) is 0 Å². The van der Waals surface area contributed by atoms with Crippen LogP contribution in [0.4, 0.5) is 0 Å². The lowest BCUT2D eigenvalue weighted by atomic mass is 10.1. The minimum atomic E-state index is -3.33. The molecule has 3 N–H and O–H groups in total. The van der Waals surface area contributed by atoms with E-state index >= 15 is 0 Å². The van der Waals surface area contributed by atoms with Gasteiger partial charge in [0.05, 0.1) is 5.75 Å². The Bertz CT molecular complexity index is 492. The van der Waals surface area contributed by atoms with Gasteiger partial charge in [-0.15, -0.1) is 12.4 Å². The van der Waals surface area contributed by atoms with Gasteiger partial charge in [0.25, 0.3) is 0 Å². The number of sulfone groups is 1. The zero-order chi connectivity index (χ0) is 14.1. The monoisotopic (exact) mass is 320 g/mol. The number of hydrogen-bond acceptors (Lipinski definition) is 4. The van der Waals surface area contributed by atoms with Crippen molar-refractivity contribution in [2.45, 2.75) is 12.8 Å². The van der Waals surface area contributed by atoms with Crippen molar-refractivity contribution in [3.63, 3.8) is 0 Å². The van der Waals surface area contributed by atoms with Gasteiger partial charge < -0.3 is 11.1 Å². The molecule has 0 saturated heterocycles. The number of aryl methyl sites for hydroxylation is 1. The largest absolute Gasteiger partial charge is 0.354 e. The molecule has 0 saturated carbocycles. The quantitative estimate of drug-likeness (QED) is 0.731. The SMILES string of the molecule is Cl.NCCNC(=O)CS(=O)(=O)CCCc1ccccc1. The van der Waals surface area contributed by atoms with Crippen molar-refractivity contribution in [1.82, 2.24) is 5.32 Å². The van der Waals surface area contributed by atoms with Gasteiger partial charge in [0.2, 0.25) is 5.91 Å². The predicted molar refractivity (Wildman–Crippen MR) is 82.7 cm³/mol. The minimum absolute atomic E-state index is 0. The summed E-state index contributed by atoms with van der Waals surface area (Å²) in [7, 11) is -3.33. The molecule has 5 nitrogen and oxygen atoms in total. The average molecular weight is 321 g/mol. The van der Waals surface area contributed by atoms with Crippen LogP contribution in [0.2, 0.25) is 0 Å². The molecule has 0 unspecified atom stereocenters. The van der Waals surface area contributed by atoms with Crippen molar-refractivity contribution >= 4 is 28.2 Å². The Morgan fingerprint density at radius 1 is 1.20 bits per heavy atom. The van der Waals surface area contributed by atoms with Gasteiger partial charge in [0.1, 0.15) is 5.75 Å². The van der Waals surface area contributed by atoms with Crippen LogP contribution in [0.3, 0.4) is 0 Å². The number of amides is 1. The summed E-state index contributed by atoms with van der Waals surface area (Å²) in [6, 6.07) is 9.68. The summed E-state index contributed by atoms with van der Waals surface area (Å²) in [5, 5.41) is 2.45. The molecule has 0 radical (unpaired) electrons. The summed E-state index contributed by atoms with van der Waals surface area (Å²) < 4.78 is 23.4. The lowest BCUT2D eigenvalue weighted by molar-refractivity contribution is -0.118. The van der Waals surface area contributed by atoms with E-state index in [1.165, 1.54) is 0 Å². The molecule has 0 atom stereocenters. The van der Waals surface area contributed by atoms with Gasteiger partial charge in [-0.25, -0.2) is 8.42 Å². The van der Waals surface area contributed by atoms with Crippen molar-refractivity contribution in [2.75, 3.05) is 24.6 Å². The fourth-order valence-electron chi connectivity index (χ4n) is 1.68. The number of nitrogens with two attached hydrogens (primary N) is 1. The molecule has 1 amide bonds. The van der Waals surface area contributed by atoms with E-state index in [1.807, 2.05) is 30.3 Å². The molecule has 0 spiro atoms. The second-order valence-electron chi connectivity index (χ2n) is 4.32. The predicted octanol–water partition coefficient (Wildman–Crippen LogP) is 0.531. The van der Waals surface area contributed by atoms with Crippen LogP contribution >= 0.6 is 12.4 Å². The third-order valence-corrected chi connectivity index (χ3v) is 4.19. The minimum Gasteiger partial charge on any atom is -0.354 e. The lowest BCUT2D eigenvalue weighted by Gasteiger charge is -2.05. The van der Waals surface area contributed by atoms with Gasteiger partial charge >= 0.3 is 0 Å². The summed E-state index contributed by atoms with van der Waals surface area (Å²) in [6.45, 7) is 0.609. The first-order chi connectivity index (χ1) is 9.03. The Kier molecular flexibility index (Phi) is 9.20. The van der Waals surface area contributed by atoms with Crippen molar-refractivity contribution in [3.05, 3.63) is 35.9 Å². The third-order valence-electron chi connectivity index (χ3n) is 2.58. The summed E-state index contributed by atoms with van der Waals surface area (Å²) in [5.74, 6) is -0.912. The van der Waals surface area contributed by atoms with Gasteiger partial charge in [-0.2, -0.15) is 0 Å². The smallest absolute Gasteiger partial charge is 0.235 e. The topological polar surface area (TPSA) is 89.3 Å². The first-order valence-corrected chi connectivity index (χ1v) is 8.07. The fraction of sp³-hybridized carbons (Fsp3) is 0.462. The summed E-state index contributed by atoms with van der Waals surface area (Å²) in [4.78, 5) is 11.3. The maximum Gasteiger partial charge on any atom is 0.235 e. The second-order valence-corrected chi connectivity index (χ2v) is 6.50. The lowest BCUT2D eigenvalue weighted by Crippen LogP contribution is -2.34. The van der Waals surface area contributed by atoms with Crippen LogP contribution in [0.1, 0.15) is 12.0 Å². The molecular formula is C13H21ClN2O3S. The highest BCUT2D eigenvalue weighted by Gasteiger charge is 2.15. The number of carbonyl (C=O) groups excluding carboxylic acids is 1. The maximum atomic E-state index is 11.7. The molecule has 20 heavy (non-hydrogen) atoms. The zero-order valence-corrected chi connectivity index (χ0v) is 12.9. The molecule has 0 aliphatic heterocycles. The normalized spacial score (nSPS) is 10.7. The Morgan fingerprint density at radius 2 is 1.85 bits per heavy atom. The molecule has 0 bridgehead atoms. The highest BCUT2D eigenvalue weighted by atomic mass is 35.5. The van der Waals surface area contributed by atoms with Crippen LogP contribution < -0.4 is 11.1 Å². The van der Waals surface area contributed by atoms with E-state index in [0.717, 1.165) is 5.56 Å². The molecule has 7 heteroatoms. The Hall–Kier alpha value is -1.11. The van der Waals surface area contributed by atoms with E-state index in [4.69, 9.17) is 5.73 Å². The van der Waals surface area contributed by atoms with E-state index in [1.54, 1.807) is 0 Å². The summed E-state index contributed by atoms with van der Waals surface area (Å²) in [5.41, 5.74) is 6.32. The maximum absolute atomic E-state index is 11.7. The standard InChI is InChI=1S/C13H20N2O3S.ClH/c14-8-9-15-13(16)11-19(17,18)10-4-7-12-5-2-1-3-6-12;/h1-3,5-6H,4,7-11,14H2,(H,15,16);1H. The first-order valence-electron chi connectivity index (χ1n) is 6.24. The molecule has 1 aromatic carbocycles. The molecule has 1 rings (SSSR count). The average Bonchev–Trinajstić information content (AvgIpc) is 2.37. The molecular weight excluding hydrogens is 300 g/mol. The summed E-state index contributed by atoms with van der Waals surface area (Å²) in [6.07, 6.45) is 1.22. The van der Waals surface area contributed by atoms with Crippen molar-refractivity contribution in [3.8, 4) is 0 Å². The highest BCUT2D eigenvalue weighted by Crippen LogP contribution is 2.04. The van der Waals surface area contributed by atoms with Crippen LogP contribution in [-0.2, 0) is 21.1 Å². The van der Waals surface area contributed by atoms with Gasteiger partial charge in [0, 0.05) is 13.1 Å². The number of benzene rings is 1. The Morgan fingerprint density at radius 3 is 2.45 bits per heavy atom. The van der Waals surface area contributed by atoms with Crippen molar-refractivity contribution in [1.29, 1.82) is 0 Å². The van der Waals surface area contributed by atoms with Crippen LogP contribution in [0.25, 0.3) is 0 Å². The summed E-state index contributed by atoms with van der Waals surface area (Å²) >= 11 is 0. The van der Waals surface area contributed by atoms with Gasteiger partial charge in [-0.3, -0.25) is 4.79 Å². The number of rotatable bonds is 8. The number of hydrogen-bond donors (Lipinski definition) is 2. The molecule has 0 aliphatic carbocycles. The Labute approximate surface area is 126 Å². The molecule has 0 fully saturated rings. The van der Waals surface area contributed by atoms with Crippen LogP contribution in [0.15, 0.2) is 30.3 Å². The van der Waals surface area contributed by atoms with Gasteiger partial charge in [-0.1, -0.05) is 30.3 Å². The highest BCUT2D eigenvalue weighted by molar-refractivity contribution is 7.92. The molecule has 0 aromatic heterocycles. The van der Waals surface area contributed by atoms with Crippen LogP contribution in [-0.4, -0.2) is 38.9 Å². The fourth-order valence-corrected chi connectivity index (χ4v) is 2.91.